The van der Waals surface area contributed by atoms with Gasteiger partial charge in [-0.25, -0.2) is 4.98 Å². The van der Waals surface area contributed by atoms with Gasteiger partial charge in [0.15, 0.2) is 5.13 Å². The highest BCUT2D eigenvalue weighted by Gasteiger charge is 2.12. The van der Waals surface area contributed by atoms with Gasteiger partial charge in [-0.2, -0.15) is 0 Å². The third-order valence-electron chi connectivity index (χ3n) is 2.43. The average Bonchev–Trinajstić information content (AvgIpc) is 2.77. The van der Waals surface area contributed by atoms with Gasteiger partial charge < -0.3 is 5.32 Å². The SMILES string of the molecule is CCCCCCCC(=O)Nc1ncc([N+](=O)[O-])s1. The van der Waals surface area contributed by atoms with Crippen molar-refractivity contribution in [3.63, 3.8) is 0 Å². The molecule has 7 heteroatoms. The van der Waals surface area contributed by atoms with Crippen LogP contribution in [0.3, 0.4) is 0 Å². The molecule has 0 aromatic carbocycles. The van der Waals surface area contributed by atoms with Crippen molar-refractivity contribution in [3.05, 3.63) is 16.3 Å². The molecule has 1 amide bonds. The second kappa shape index (κ2) is 7.75. The molecule has 0 atom stereocenters. The average molecular weight is 271 g/mol. The summed E-state index contributed by atoms with van der Waals surface area (Å²) >= 11 is 0.875. The molecule has 0 saturated heterocycles. The van der Waals surface area contributed by atoms with Gasteiger partial charge in [0.2, 0.25) is 5.91 Å². The molecule has 1 aromatic heterocycles. The molecule has 0 fully saturated rings. The second-order valence-corrected chi connectivity index (χ2v) is 4.98. The zero-order valence-electron chi connectivity index (χ0n) is 10.3. The van der Waals surface area contributed by atoms with Gasteiger partial charge in [-0.15, -0.1) is 0 Å². The number of hydrogen-bond donors (Lipinski definition) is 1. The van der Waals surface area contributed by atoms with Crippen LogP contribution in [0.2, 0.25) is 0 Å². The molecule has 6 nitrogen and oxygen atoms in total. The quantitative estimate of drug-likeness (QED) is 0.446. The Hall–Kier alpha value is -1.50. The Balaban J connectivity index is 2.24. The minimum absolute atomic E-state index is 0.0618. The number of hydrogen-bond acceptors (Lipinski definition) is 5. The van der Waals surface area contributed by atoms with Gasteiger partial charge >= 0.3 is 5.00 Å². The first kappa shape index (κ1) is 14.6. The maximum absolute atomic E-state index is 11.5. The molecule has 1 heterocycles. The van der Waals surface area contributed by atoms with Gasteiger partial charge in [-0.1, -0.05) is 32.6 Å². The molecule has 1 rings (SSSR count). The smallest absolute Gasteiger partial charge is 0.302 e. The first-order chi connectivity index (χ1) is 8.63. The predicted octanol–water partition coefficient (Wildman–Crippen LogP) is 3.35. The van der Waals surface area contributed by atoms with Crippen molar-refractivity contribution in [1.82, 2.24) is 4.98 Å². The molecule has 0 radical (unpaired) electrons. The fourth-order valence-electron chi connectivity index (χ4n) is 1.48. The normalized spacial score (nSPS) is 10.3. The van der Waals surface area contributed by atoms with E-state index in [1.165, 1.54) is 12.8 Å². The number of nitrogens with one attached hydrogen (secondary N) is 1. The first-order valence-corrected chi connectivity index (χ1v) is 6.85. The maximum Gasteiger partial charge on any atom is 0.345 e. The topological polar surface area (TPSA) is 85.1 Å². The van der Waals surface area contributed by atoms with Gasteiger partial charge in [0.1, 0.15) is 6.20 Å². The van der Waals surface area contributed by atoms with Gasteiger partial charge in [0.25, 0.3) is 0 Å². The van der Waals surface area contributed by atoms with E-state index >= 15 is 0 Å². The molecule has 18 heavy (non-hydrogen) atoms. The van der Waals surface area contributed by atoms with Gasteiger partial charge in [0.05, 0.1) is 4.92 Å². The molecule has 0 aliphatic heterocycles. The van der Waals surface area contributed by atoms with Crippen molar-refractivity contribution in [2.45, 2.75) is 45.4 Å². The van der Waals surface area contributed by atoms with Crippen molar-refractivity contribution < 1.29 is 9.72 Å². The zero-order chi connectivity index (χ0) is 13.4. The zero-order valence-corrected chi connectivity index (χ0v) is 11.2. The van der Waals surface area contributed by atoms with Crippen molar-refractivity contribution in [1.29, 1.82) is 0 Å². The van der Waals surface area contributed by atoms with Crippen LogP contribution in [0.5, 0.6) is 0 Å². The van der Waals surface area contributed by atoms with Gasteiger partial charge in [-0.05, 0) is 17.8 Å². The lowest BCUT2D eigenvalue weighted by atomic mass is 10.1. The summed E-state index contributed by atoms with van der Waals surface area (Å²) in [4.78, 5) is 25.2. The molecule has 1 aromatic rings. The molecule has 1 N–H and O–H groups in total. The van der Waals surface area contributed by atoms with Gasteiger partial charge in [-0.3, -0.25) is 14.9 Å². The van der Waals surface area contributed by atoms with Crippen LogP contribution in [0.1, 0.15) is 45.4 Å². The predicted molar refractivity (Wildman–Crippen MR) is 70.8 cm³/mol. The van der Waals surface area contributed by atoms with Crippen molar-refractivity contribution in [2.75, 3.05) is 5.32 Å². The summed E-state index contributed by atoms with van der Waals surface area (Å²) in [6.07, 6.45) is 7.00. The number of nitrogens with zero attached hydrogens (tertiary/aromatic N) is 2. The van der Waals surface area contributed by atoms with E-state index in [1.807, 2.05) is 0 Å². The lowest BCUT2D eigenvalue weighted by Crippen LogP contribution is -2.10. The minimum Gasteiger partial charge on any atom is -0.302 e. The Morgan fingerprint density at radius 1 is 1.44 bits per heavy atom. The molecule has 0 unspecified atom stereocenters. The highest BCUT2D eigenvalue weighted by atomic mass is 32.1. The van der Waals surface area contributed by atoms with Crippen LogP contribution in [-0.4, -0.2) is 15.8 Å². The van der Waals surface area contributed by atoms with Crippen molar-refractivity contribution >= 4 is 27.4 Å². The summed E-state index contributed by atoms with van der Waals surface area (Å²) in [6, 6.07) is 0. The third-order valence-corrected chi connectivity index (χ3v) is 3.29. The van der Waals surface area contributed by atoms with Crippen LogP contribution >= 0.6 is 11.3 Å². The summed E-state index contributed by atoms with van der Waals surface area (Å²) in [5.74, 6) is -0.129. The van der Waals surface area contributed by atoms with Crippen LogP contribution in [-0.2, 0) is 4.79 Å². The second-order valence-electron chi connectivity index (χ2n) is 3.97. The highest BCUT2D eigenvalue weighted by Crippen LogP contribution is 2.25. The number of carbonyl (C=O) groups excluding carboxylic acids is 1. The van der Waals surface area contributed by atoms with E-state index in [-0.39, 0.29) is 10.9 Å². The Kier molecular flexibility index (Phi) is 6.27. The van der Waals surface area contributed by atoms with Crippen LogP contribution in [0.15, 0.2) is 6.20 Å². The van der Waals surface area contributed by atoms with Crippen LogP contribution < -0.4 is 5.32 Å². The summed E-state index contributed by atoms with van der Waals surface area (Å²) in [7, 11) is 0. The number of rotatable bonds is 8. The fraction of sp³-hybridized carbons (Fsp3) is 0.636. The van der Waals surface area contributed by atoms with E-state index in [9.17, 15) is 14.9 Å². The molecule has 0 spiro atoms. The fourth-order valence-corrected chi connectivity index (χ4v) is 2.13. The van der Waals surface area contributed by atoms with E-state index in [2.05, 4.69) is 17.2 Å². The molecule has 0 bridgehead atoms. The standard InChI is InChI=1S/C11H17N3O3S/c1-2-3-4-5-6-7-9(15)13-11-12-8-10(18-11)14(16)17/h8H,2-7H2,1H3,(H,12,13,15). The monoisotopic (exact) mass is 271 g/mol. The summed E-state index contributed by atoms with van der Waals surface area (Å²) in [5.41, 5.74) is 0. The molecule has 0 aliphatic rings. The number of anilines is 1. The van der Waals surface area contributed by atoms with E-state index in [0.29, 0.717) is 11.6 Å². The van der Waals surface area contributed by atoms with Gasteiger partial charge in [0, 0.05) is 6.42 Å². The molecule has 0 aliphatic carbocycles. The number of amides is 1. The van der Waals surface area contributed by atoms with Crippen LogP contribution in [0.4, 0.5) is 10.1 Å². The Morgan fingerprint density at radius 2 is 2.17 bits per heavy atom. The number of aromatic nitrogens is 1. The summed E-state index contributed by atoms with van der Waals surface area (Å²) < 4.78 is 0. The lowest BCUT2D eigenvalue weighted by molar-refractivity contribution is -0.380. The van der Waals surface area contributed by atoms with Crippen molar-refractivity contribution in [3.8, 4) is 0 Å². The number of unbranched alkanes of at least 4 members (excludes halogenated alkanes) is 4. The van der Waals surface area contributed by atoms with Crippen LogP contribution in [0, 0.1) is 10.1 Å². The minimum atomic E-state index is -0.516. The number of carbonyl (C=O) groups is 1. The largest absolute Gasteiger partial charge is 0.345 e. The molecule has 100 valence electrons. The number of nitro groups is 1. The van der Waals surface area contributed by atoms with E-state index in [0.717, 1.165) is 36.8 Å². The Morgan fingerprint density at radius 3 is 2.78 bits per heavy atom. The number of thiazole rings is 1. The Bertz CT molecular complexity index is 406. The molecular weight excluding hydrogens is 254 g/mol. The van der Waals surface area contributed by atoms with E-state index in [1.54, 1.807) is 0 Å². The third kappa shape index (κ3) is 5.22. The summed E-state index contributed by atoms with van der Waals surface area (Å²) in [5, 5.41) is 13.2. The van der Waals surface area contributed by atoms with Crippen LogP contribution in [0.25, 0.3) is 0 Å². The highest BCUT2D eigenvalue weighted by molar-refractivity contribution is 7.18. The maximum atomic E-state index is 11.5. The molecule has 0 saturated carbocycles. The molecular formula is C11H17N3O3S. The Labute approximate surface area is 110 Å². The van der Waals surface area contributed by atoms with E-state index in [4.69, 9.17) is 0 Å². The summed E-state index contributed by atoms with van der Waals surface area (Å²) in [6.45, 7) is 2.14. The van der Waals surface area contributed by atoms with E-state index < -0.39 is 4.92 Å². The van der Waals surface area contributed by atoms with Crippen molar-refractivity contribution in [2.24, 2.45) is 0 Å². The first-order valence-electron chi connectivity index (χ1n) is 6.03. The lowest BCUT2D eigenvalue weighted by Gasteiger charge is -2.01.